The smallest absolute Gasteiger partial charge is 0.253 e. The average molecular weight is 364 g/mol. The number of hydrogen-bond donors (Lipinski definition) is 2. The summed E-state index contributed by atoms with van der Waals surface area (Å²) >= 11 is 0. The van der Waals surface area contributed by atoms with E-state index in [0.29, 0.717) is 11.6 Å². The zero-order chi connectivity index (χ0) is 18.5. The van der Waals surface area contributed by atoms with Crippen molar-refractivity contribution in [2.24, 2.45) is 0 Å². The summed E-state index contributed by atoms with van der Waals surface area (Å²) in [5, 5.41) is 6.51. The van der Waals surface area contributed by atoms with Gasteiger partial charge < -0.3 is 15.5 Å². The standard InChI is InChI=1S/C22H28N4O/c27-22(25-18-6-2-1-3-7-18)17-14-20(16-23-15-17)24-19-8-10-21(11-9-19)26-12-4-5-13-26/h8-11,14-16,18,24H,1-7,12-13H2,(H,25,27). The van der Waals surface area contributed by atoms with Gasteiger partial charge in [0.2, 0.25) is 0 Å². The first-order chi connectivity index (χ1) is 13.3. The van der Waals surface area contributed by atoms with Gasteiger partial charge in [0.1, 0.15) is 0 Å². The minimum absolute atomic E-state index is 0.0255. The van der Waals surface area contributed by atoms with Gasteiger partial charge in [-0.2, -0.15) is 0 Å². The van der Waals surface area contributed by atoms with Gasteiger partial charge in [-0.25, -0.2) is 0 Å². The van der Waals surface area contributed by atoms with Crippen molar-refractivity contribution >= 4 is 23.0 Å². The molecule has 2 aliphatic rings. The van der Waals surface area contributed by atoms with E-state index in [-0.39, 0.29) is 5.91 Å². The highest BCUT2D eigenvalue weighted by Crippen LogP contribution is 2.24. The molecule has 1 aromatic carbocycles. The molecule has 0 atom stereocenters. The van der Waals surface area contributed by atoms with Crippen LogP contribution in [0.4, 0.5) is 17.1 Å². The second-order valence-corrected chi connectivity index (χ2v) is 7.64. The topological polar surface area (TPSA) is 57.3 Å². The van der Waals surface area contributed by atoms with Crippen molar-refractivity contribution in [3.05, 3.63) is 48.3 Å². The predicted molar refractivity (Wildman–Crippen MR) is 110 cm³/mol. The van der Waals surface area contributed by atoms with E-state index in [0.717, 1.165) is 37.3 Å². The van der Waals surface area contributed by atoms with Crippen LogP contribution in [0.15, 0.2) is 42.7 Å². The van der Waals surface area contributed by atoms with E-state index < -0.39 is 0 Å². The van der Waals surface area contributed by atoms with Crippen molar-refractivity contribution in [1.29, 1.82) is 0 Å². The van der Waals surface area contributed by atoms with E-state index in [1.54, 1.807) is 12.4 Å². The number of carbonyl (C=O) groups is 1. The molecule has 1 saturated carbocycles. The molecule has 0 spiro atoms. The summed E-state index contributed by atoms with van der Waals surface area (Å²) in [7, 11) is 0. The Hall–Kier alpha value is -2.56. The zero-order valence-electron chi connectivity index (χ0n) is 15.8. The highest BCUT2D eigenvalue weighted by molar-refractivity contribution is 5.95. The Morgan fingerprint density at radius 2 is 1.67 bits per heavy atom. The van der Waals surface area contributed by atoms with Gasteiger partial charge in [-0.3, -0.25) is 9.78 Å². The summed E-state index contributed by atoms with van der Waals surface area (Å²) in [6.07, 6.45) is 11.8. The van der Waals surface area contributed by atoms with Crippen LogP contribution in [0.3, 0.4) is 0 Å². The van der Waals surface area contributed by atoms with Crippen LogP contribution >= 0.6 is 0 Å². The third kappa shape index (κ3) is 4.59. The number of pyridine rings is 1. The first-order valence-electron chi connectivity index (χ1n) is 10.2. The maximum atomic E-state index is 12.5. The fraction of sp³-hybridized carbons (Fsp3) is 0.455. The molecule has 0 bridgehead atoms. The molecule has 142 valence electrons. The highest BCUT2D eigenvalue weighted by atomic mass is 16.1. The molecular formula is C22H28N4O. The summed E-state index contributed by atoms with van der Waals surface area (Å²) in [5.74, 6) is -0.0255. The molecule has 0 radical (unpaired) electrons. The summed E-state index contributed by atoms with van der Waals surface area (Å²) < 4.78 is 0. The number of nitrogens with one attached hydrogen (secondary N) is 2. The Labute approximate surface area is 161 Å². The van der Waals surface area contributed by atoms with Gasteiger partial charge in [-0.1, -0.05) is 19.3 Å². The van der Waals surface area contributed by atoms with Gasteiger partial charge in [0.15, 0.2) is 0 Å². The molecule has 0 unspecified atom stereocenters. The van der Waals surface area contributed by atoms with Crippen molar-refractivity contribution in [2.45, 2.75) is 51.0 Å². The first-order valence-corrected chi connectivity index (χ1v) is 10.2. The van der Waals surface area contributed by atoms with Crippen LogP contribution in [0.25, 0.3) is 0 Å². The fourth-order valence-electron chi connectivity index (χ4n) is 4.05. The SMILES string of the molecule is O=C(NC1CCCCC1)c1cncc(Nc2ccc(N3CCCC3)cc2)c1. The lowest BCUT2D eigenvalue weighted by Gasteiger charge is -2.22. The van der Waals surface area contributed by atoms with Gasteiger partial charge in [-0.05, 0) is 56.0 Å². The van der Waals surface area contributed by atoms with Crippen LogP contribution < -0.4 is 15.5 Å². The zero-order valence-corrected chi connectivity index (χ0v) is 15.8. The van der Waals surface area contributed by atoms with Crippen molar-refractivity contribution < 1.29 is 4.79 Å². The van der Waals surface area contributed by atoms with Gasteiger partial charge in [0, 0.05) is 36.7 Å². The lowest BCUT2D eigenvalue weighted by atomic mass is 9.95. The van der Waals surface area contributed by atoms with Gasteiger partial charge in [0.05, 0.1) is 17.4 Å². The second-order valence-electron chi connectivity index (χ2n) is 7.64. The predicted octanol–water partition coefficient (Wildman–Crippen LogP) is 4.49. The molecule has 1 amide bonds. The Balaban J connectivity index is 1.39. The molecule has 2 N–H and O–H groups in total. The quantitative estimate of drug-likeness (QED) is 0.821. The largest absolute Gasteiger partial charge is 0.372 e. The van der Waals surface area contributed by atoms with Gasteiger partial charge >= 0.3 is 0 Å². The number of amides is 1. The van der Waals surface area contributed by atoms with Crippen molar-refractivity contribution in [2.75, 3.05) is 23.3 Å². The summed E-state index contributed by atoms with van der Waals surface area (Å²) in [6, 6.07) is 10.7. The average Bonchev–Trinajstić information content (AvgIpc) is 3.24. The van der Waals surface area contributed by atoms with E-state index in [1.807, 2.05) is 6.07 Å². The Morgan fingerprint density at radius 3 is 2.41 bits per heavy atom. The molecule has 1 saturated heterocycles. The van der Waals surface area contributed by atoms with Gasteiger partial charge in [-0.15, -0.1) is 0 Å². The molecule has 2 fully saturated rings. The van der Waals surface area contributed by atoms with Crippen LogP contribution in [-0.4, -0.2) is 30.0 Å². The number of rotatable bonds is 5. The second kappa shape index (κ2) is 8.42. The number of carbonyl (C=O) groups excluding carboxylic acids is 1. The maximum Gasteiger partial charge on any atom is 0.253 e. The Morgan fingerprint density at radius 1 is 0.926 bits per heavy atom. The third-order valence-electron chi connectivity index (χ3n) is 5.57. The van der Waals surface area contributed by atoms with E-state index in [2.05, 4.69) is 44.8 Å². The van der Waals surface area contributed by atoms with Crippen LogP contribution in [0, 0.1) is 0 Å². The minimum atomic E-state index is -0.0255. The number of anilines is 3. The summed E-state index contributed by atoms with van der Waals surface area (Å²) in [4.78, 5) is 19.2. The molecule has 4 rings (SSSR count). The van der Waals surface area contributed by atoms with Crippen LogP contribution in [0.1, 0.15) is 55.3 Å². The lowest BCUT2D eigenvalue weighted by molar-refractivity contribution is 0.0927. The van der Waals surface area contributed by atoms with E-state index in [1.165, 1.54) is 37.8 Å². The van der Waals surface area contributed by atoms with Crippen molar-refractivity contribution in [3.63, 3.8) is 0 Å². The lowest BCUT2D eigenvalue weighted by Crippen LogP contribution is -2.36. The van der Waals surface area contributed by atoms with E-state index in [9.17, 15) is 4.79 Å². The maximum absolute atomic E-state index is 12.5. The fourth-order valence-corrected chi connectivity index (χ4v) is 4.05. The summed E-state index contributed by atoms with van der Waals surface area (Å²) in [6.45, 7) is 2.30. The van der Waals surface area contributed by atoms with Crippen LogP contribution in [0.5, 0.6) is 0 Å². The van der Waals surface area contributed by atoms with Gasteiger partial charge in [0.25, 0.3) is 5.91 Å². The molecule has 2 aromatic rings. The molecule has 1 aliphatic heterocycles. The molecule has 5 heteroatoms. The molecular weight excluding hydrogens is 336 g/mol. The Bertz CT molecular complexity index is 762. The third-order valence-corrected chi connectivity index (χ3v) is 5.57. The highest BCUT2D eigenvalue weighted by Gasteiger charge is 2.17. The number of nitrogens with zero attached hydrogens (tertiary/aromatic N) is 2. The Kier molecular flexibility index (Phi) is 5.56. The monoisotopic (exact) mass is 364 g/mol. The molecule has 5 nitrogen and oxygen atoms in total. The number of benzene rings is 1. The molecule has 1 aromatic heterocycles. The first kappa shape index (κ1) is 17.8. The summed E-state index contributed by atoms with van der Waals surface area (Å²) in [5.41, 5.74) is 3.72. The van der Waals surface area contributed by atoms with E-state index in [4.69, 9.17) is 0 Å². The van der Waals surface area contributed by atoms with Crippen LogP contribution in [0.2, 0.25) is 0 Å². The molecule has 1 aliphatic carbocycles. The number of hydrogen-bond acceptors (Lipinski definition) is 4. The van der Waals surface area contributed by atoms with Crippen molar-refractivity contribution in [3.8, 4) is 0 Å². The minimum Gasteiger partial charge on any atom is -0.372 e. The number of aromatic nitrogens is 1. The van der Waals surface area contributed by atoms with Crippen LogP contribution in [-0.2, 0) is 0 Å². The normalized spacial score (nSPS) is 17.7. The van der Waals surface area contributed by atoms with Crippen molar-refractivity contribution in [1.82, 2.24) is 10.3 Å². The molecule has 27 heavy (non-hydrogen) atoms. The van der Waals surface area contributed by atoms with E-state index >= 15 is 0 Å². The molecule has 2 heterocycles.